The Labute approximate surface area is 215 Å². The van der Waals surface area contributed by atoms with Crippen molar-refractivity contribution < 1.29 is 22.5 Å². The van der Waals surface area contributed by atoms with Crippen LogP contribution in [0.3, 0.4) is 0 Å². The van der Waals surface area contributed by atoms with E-state index in [0.29, 0.717) is 22.7 Å². The lowest BCUT2D eigenvalue weighted by Crippen LogP contribution is -2.47. The minimum Gasteiger partial charge on any atom is -0.598 e. The van der Waals surface area contributed by atoms with Crippen molar-refractivity contribution >= 4 is 40.5 Å². The number of aromatic nitrogens is 2. The molecular formula is C23H27Cl2F3N4O2S. The van der Waals surface area contributed by atoms with Crippen LogP contribution in [0.1, 0.15) is 68.9 Å². The lowest BCUT2D eigenvalue weighted by atomic mass is 10.0. The first-order chi connectivity index (χ1) is 16.3. The van der Waals surface area contributed by atoms with Gasteiger partial charge < -0.3 is 9.45 Å². The molecule has 1 N–H and O–H groups in total. The largest absolute Gasteiger partial charge is 0.598 e. The van der Waals surface area contributed by atoms with Crippen LogP contribution < -0.4 is 4.72 Å². The van der Waals surface area contributed by atoms with Crippen molar-refractivity contribution in [2.45, 2.75) is 75.5 Å². The predicted octanol–water partition coefficient (Wildman–Crippen LogP) is 5.48. The van der Waals surface area contributed by atoms with Gasteiger partial charge in [0.1, 0.15) is 17.0 Å². The number of hydrogen-bond donors (Lipinski definition) is 1. The van der Waals surface area contributed by atoms with Gasteiger partial charge >= 0.3 is 6.18 Å². The Morgan fingerprint density at radius 1 is 1.23 bits per heavy atom. The highest BCUT2D eigenvalue weighted by molar-refractivity contribution is 7.90. The van der Waals surface area contributed by atoms with E-state index in [4.69, 9.17) is 23.2 Å². The number of rotatable bonds is 6. The fourth-order valence-electron chi connectivity index (χ4n) is 4.23. The van der Waals surface area contributed by atoms with E-state index in [1.165, 1.54) is 4.90 Å². The molecule has 0 spiro atoms. The van der Waals surface area contributed by atoms with Gasteiger partial charge in [-0.25, -0.2) is 0 Å². The van der Waals surface area contributed by atoms with E-state index < -0.39 is 52.5 Å². The standard InChI is InChI=1S/C23H27Cl2F3N4O2S/c1-22(2,3)35(34)30-16-9-10-31(21(16)14-5-4-6-15(24)20(14)25)19(33)12-32-18(23(26,27)28)11-17(29-32)13-7-8-13/h4-6,11,13,16,21,30H,7-10,12H2,1-3H3/t16-,21-,35?/m1/s1. The number of carbonyl (C=O) groups is 1. The predicted molar refractivity (Wildman–Crippen MR) is 130 cm³/mol. The molecule has 12 heteroatoms. The fourth-order valence-corrected chi connectivity index (χ4v) is 5.52. The monoisotopic (exact) mass is 550 g/mol. The maximum absolute atomic E-state index is 13.7. The van der Waals surface area contributed by atoms with Crippen LogP contribution in [0.5, 0.6) is 0 Å². The van der Waals surface area contributed by atoms with E-state index in [9.17, 15) is 22.5 Å². The molecule has 1 amide bonds. The number of carbonyl (C=O) groups excluding carboxylic acids is 1. The topological polar surface area (TPSA) is 73.2 Å². The van der Waals surface area contributed by atoms with Crippen molar-refractivity contribution in [2.24, 2.45) is 0 Å². The van der Waals surface area contributed by atoms with E-state index in [0.717, 1.165) is 23.6 Å². The molecule has 2 fully saturated rings. The number of alkyl halides is 3. The maximum atomic E-state index is 13.7. The number of amides is 1. The third-order valence-electron chi connectivity index (χ3n) is 6.20. The quantitative estimate of drug-likeness (QED) is 0.483. The van der Waals surface area contributed by atoms with E-state index in [1.807, 2.05) is 20.8 Å². The molecule has 2 heterocycles. The molecule has 2 aromatic rings. The molecule has 1 saturated carbocycles. The number of nitrogens with zero attached hydrogens (tertiary/aromatic N) is 3. The number of halogens is 5. The molecule has 2 aliphatic rings. The number of likely N-dealkylation sites (tertiary alicyclic amines) is 1. The molecule has 0 radical (unpaired) electrons. The Balaban J connectivity index is 1.65. The third kappa shape index (κ3) is 5.77. The zero-order chi connectivity index (χ0) is 25.7. The highest BCUT2D eigenvalue weighted by atomic mass is 35.5. The second-order valence-electron chi connectivity index (χ2n) is 9.95. The normalized spacial score (nSPS) is 22.0. The fraction of sp³-hybridized carbons (Fsp3) is 0.565. The van der Waals surface area contributed by atoms with Crippen molar-refractivity contribution in [3.63, 3.8) is 0 Å². The molecular weight excluding hydrogens is 524 g/mol. The SMILES string of the molecule is CC(C)(C)[S+]([O-])N[C@@H]1CCN(C(=O)Cn2nc(C3CC3)cc2C(F)(F)F)[C@@H]1c1cccc(Cl)c1Cl. The maximum Gasteiger partial charge on any atom is 0.433 e. The molecule has 1 unspecified atom stereocenters. The first-order valence-corrected chi connectivity index (χ1v) is 13.2. The summed E-state index contributed by atoms with van der Waals surface area (Å²) in [7, 11) is 0. The Bertz CT molecular complexity index is 1100. The summed E-state index contributed by atoms with van der Waals surface area (Å²) < 4.78 is 57.1. The summed E-state index contributed by atoms with van der Waals surface area (Å²) >= 11 is 11.3. The molecule has 6 nitrogen and oxygen atoms in total. The van der Waals surface area contributed by atoms with Crippen molar-refractivity contribution in [1.29, 1.82) is 0 Å². The summed E-state index contributed by atoms with van der Waals surface area (Å²) in [5, 5.41) is 4.66. The number of benzene rings is 1. The zero-order valence-corrected chi connectivity index (χ0v) is 21.9. The summed E-state index contributed by atoms with van der Waals surface area (Å²) in [5.41, 5.74) is -0.0301. The first-order valence-electron chi connectivity index (χ1n) is 11.3. The first kappa shape index (κ1) is 26.6. The molecule has 1 aliphatic carbocycles. The third-order valence-corrected chi connectivity index (χ3v) is 8.67. The molecule has 192 valence electrons. The van der Waals surface area contributed by atoms with Gasteiger partial charge in [-0.2, -0.15) is 18.3 Å². The molecule has 3 atom stereocenters. The van der Waals surface area contributed by atoms with Crippen molar-refractivity contribution in [3.05, 3.63) is 51.3 Å². The van der Waals surface area contributed by atoms with Crippen LogP contribution in [0.2, 0.25) is 10.0 Å². The van der Waals surface area contributed by atoms with E-state index in [-0.39, 0.29) is 17.5 Å². The summed E-state index contributed by atoms with van der Waals surface area (Å²) in [5.74, 6) is -0.522. The van der Waals surface area contributed by atoms with Crippen LogP contribution in [0.25, 0.3) is 0 Å². The number of hydrogen-bond acceptors (Lipinski definition) is 4. The van der Waals surface area contributed by atoms with Gasteiger partial charge in [0.25, 0.3) is 0 Å². The van der Waals surface area contributed by atoms with Crippen LogP contribution in [-0.4, -0.2) is 42.5 Å². The smallest absolute Gasteiger partial charge is 0.433 e. The lowest BCUT2D eigenvalue weighted by molar-refractivity contribution is -0.146. The van der Waals surface area contributed by atoms with Crippen LogP contribution in [0.4, 0.5) is 13.2 Å². The van der Waals surface area contributed by atoms with Gasteiger partial charge in [-0.1, -0.05) is 35.3 Å². The molecule has 1 saturated heterocycles. The van der Waals surface area contributed by atoms with E-state index in [2.05, 4.69) is 9.82 Å². The summed E-state index contributed by atoms with van der Waals surface area (Å²) in [6, 6.07) is 4.98. The molecule has 1 aliphatic heterocycles. The number of nitrogens with one attached hydrogen (secondary N) is 1. The highest BCUT2D eigenvalue weighted by Crippen LogP contribution is 2.42. The van der Waals surface area contributed by atoms with Crippen LogP contribution in [0, 0.1) is 0 Å². The van der Waals surface area contributed by atoms with Gasteiger partial charge in [0, 0.05) is 23.8 Å². The molecule has 1 aromatic heterocycles. The minimum absolute atomic E-state index is 0.0122. The van der Waals surface area contributed by atoms with Crippen molar-refractivity contribution in [2.75, 3.05) is 6.54 Å². The Kier molecular flexibility index (Phi) is 7.43. The van der Waals surface area contributed by atoms with Gasteiger partial charge in [0.15, 0.2) is 0 Å². The lowest BCUT2D eigenvalue weighted by Gasteiger charge is -2.32. The minimum atomic E-state index is -4.63. The van der Waals surface area contributed by atoms with E-state index >= 15 is 0 Å². The van der Waals surface area contributed by atoms with Gasteiger partial charge in [0.05, 0.1) is 27.8 Å². The summed E-state index contributed by atoms with van der Waals surface area (Å²) in [6.45, 7) is 5.16. The second-order valence-corrected chi connectivity index (χ2v) is 12.7. The van der Waals surface area contributed by atoms with Crippen LogP contribution >= 0.6 is 23.2 Å². The van der Waals surface area contributed by atoms with Gasteiger partial charge in [-0.15, -0.1) is 4.72 Å². The molecule has 1 aromatic carbocycles. The highest BCUT2D eigenvalue weighted by Gasteiger charge is 2.44. The van der Waals surface area contributed by atoms with Crippen molar-refractivity contribution in [1.82, 2.24) is 19.4 Å². The zero-order valence-electron chi connectivity index (χ0n) is 19.5. The van der Waals surface area contributed by atoms with E-state index in [1.54, 1.807) is 18.2 Å². The second kappa shape index (κ2) is 9.78. The Hall–Kier alpha value is -1.46. The van der Waals surface area contributed by atoms with Gasteiger partial charge in [-0.05, 0) is 57.7 Å². The van der Waals surface area contributed by atoms with Gasteiger partial charge in [-0.3, -0.25) is 9.48 Å². The van der Waals surface area contributed by atoms with Gasteiger partial charge in [0.2, 0.25) is 5.91 Å². The average molecular weight is 551 g/mol. The van der Waals surface area contributed by atoms with Crippen LogP contribution in [0.15, 0.2) is 24.3 Å². The van der Waals surface area contributed by atoms with Crippen molar-refractivity contribution in [3.8, 4) is 0 Å². The van der Waals surface area contributed by atoms with Crippen LogP contribution in [-0.2, 0) is 28.9 Å². The summed E-state index contributed by atoms with van der Waals surface area (Å²) in [6.07, 6.45) is -2.60. The Morgan fingerprint density at radius 2 is 1.91 bits per heavy atom. The average Bonchev–Trinajstić information content (AvgIpc) is 3.38. The summed E-state index contributed by atoms with van der Waals surface area (Å²) in [4.78, 5) is 14.9. The molecule has 4 rings (SSSR count). The Morgan fingerprint density at radius 3 is 2.51 bits per heavy atom. The molecule has 0 bridgehead atoms. The molecule has 35 heavy (non-hydrogen) atoms.